The van der Waals surface area contributed by atoms with Gasteiger partial charge >= 0.3 is 6.09 Å². The monoisotopic (exact) mass is 460 g/mol. The highest BCUT2D eigenvalue weighted by atomic mass is 79.9. The summed E-state index contributed by atoms with van der Waals surface area (Å²) in [4.78, 5) is 22.8. The van der Waals surface area contributed by atoms with Crippen LogP contribution in [0.4, 0.5) is 4.79 Å². The molecule has 2 aromatic rings. The van der Waals surface area contributed by atoms with Crippen LogP contribution in [-0.4, -0.2) is 46.2 Å². The number of alkyl carbamates (subject to hydrolysis) is 1. The van der Waals surface area contributed by atoms with Crippen molar-refractivity contribution in [1.29, 1.82) is 0 Å². The van der Waals surface area contributed by atoms with E-state index in [2.05, 4.69) is 64.0 Å². The molecule has 2 heterocycles. The Balaban J connectivity index is 1.56. The minimum Gasteiger partial charge on any atom is -0.453 e. The van der Waals surface area contributed by atoms with E-state index in [0.29, 0.717) is 12.0 Å². The largest absolute Gasteiger partial charge is 0.453 e. The van der Waals surface area contributed by atoms with Gasteiger partial charge in [-0.25, -0.2) is 9.78 Å². The van der Waals surface area contributed by atoms with Crippen molar-refractivity contribution < 1.29 is 9.53 Å². The number of likely N-dealkylation sites (tertiary alicyclic amines) is 1. The van der Waals surface area contributed by atoms with Gasteiger partial charge in [-0.3, -0.25) is 4.90 Å². The van der Waals surface area contributed by atoms with E-state index in [-0.39, 0.29) is 24.2 Å². The molecule has 1 saturated heterocycles. The van der Waals surface area contributed by atoms with Crippen molar-refractivity contribution in [3.8, 4) is 11.3 Å². The van der Waals surface area contributed by atoms with Crippen LogP contribution in [0.1, 0.15) is 45.5 Å². The molecule has 7 heteroatoms. The van der Waals surface area contributed by atoms with E-state index in [0.717, 1.165) is 33.9 Å². The summed E-state index contributed by atoms with van der Waals surface area (Å²) >= 11 is 3.49. The summed E-state index contributed by atoms with van der Waals surface area (Å²) in [7, 11) is 1.42. The molecule has 1 aromatic heterocycles. The highest BCUT2D eigenvalue weighted by molar-refractivity contribution is 9.10. The van der Waals surface area contributed by atoms with Crippen LogP contribution >= 0.6 is 15.9 Å². The molecule has 2 aliphatic rings. The van der Waals surface area contributed by atoms with E-state index in [1.807, 2.05) is 18.3 Å². The van der Waals surface area contributed by atoms with Crippen LogP contribution in [0.3, 0.4) is 0 Å². The first-order valence-electron chi connectivity index (χ1n) is 10.3. The van der Waals surface area contributed by atoms with Crippen molar-refractivity contribution in [2.24, 2.45) is 11.8 Å². The van der Waals surface area contributed by atoms with Crippen LogP contribution < -0.4 is 5.32 Å². The van der Waals surface area contributed by atoms with E-state index >= 15 is 0 Å². The molecule has 1 amide bonds. The standard InChI is InChI=1S/C22H29BrN4O2/c1-12(2)20(26-22(28)29-4)13(3)27-18-9-15(18)10-19(27)21-24-11-17(25-21)14-5-7-16(23)8-6-14/h5-8,11-13,15,18-20H,9-10H2,1-4H3,(H,24,25)(H,26,28)/t13?,15?,18?,19-,20-/m0/s1. The quantitative estimate of drug-likeness (QED) is 0.652. The van der Waals surface area contributed by atoms with Gasteiger partial charge < -0.3 is 15.0 Å². The average Bonchev–Trinajstić information content (AvgIpc) is 3.14. The number of halogens is 1. The third-order valence-corrected chi connectivity index (χ3v) is 6.93. The van der Waals surface area contributed by atoms with Gasteiger partial charge in [0.15, 0.2) is 0 Å². The SMILES string of the molecule is COC(=O)N[C@@H](C(C)C)C(C)N1C2CC2C[C@H]1c1ncc(-c2ccc(Br)cc2)[nH]1. The maximum Gasteiger partial charge on any atom is 0.407 e. The predicted octanol–water partition coefficient (Wildman–Crippen LogP) is 4.74. The zero-order valence-corrected chi connectivity index (χ0v) is 18.9. The van der Waals surface area contributed by atoms with Gasteiger partial charge in [-0.2, -0.15) is 0 Å². The van der Waals surface area contributed by atoms with Crippen LogP contribution in [0.2, 0.25) is 0 Å². The first-order chi connectivity index (χ1) is 13.9. The number of imidazole rings is 1. The average molecular weight is 461 g/mol. The van der Waals surface area contributed by atoms with Crippen molar-refractivity contribution in [3.05, 3.63) is 40.8 Å². The first kappa shape index (κ1) is 20.4. The number of aromatic amines is 1. The molecule has 5 atom stereocenters. The summed E-state index contributed by atoms with van der Waals surface area (Å²) in [5.41, 5.74) is 2.16. The molecule has 0 spiro atoms. The second kappa shape index (κ2) is 8.11. The van der Waals surface area contributed by atoms with Gasteiger partial charge in [0.2, 0.25) is 0 Å². The number of H-pyrrole nitrogens is 1. The van der Waals surface area contributed by atoms with Crippen molar-refractivity contribution in [2.45, 2.75) is 57.8 Å². The number of nitrogens with one attached hydrogen (secondary N) is 2. The number of carbonyl (C=O) groups is 1. The van der Waals surface area contributed by atoms with Gasteiger partial charge in [0.05, 0.1) is 25.0 Å². The summed E-state index contributed by atoms with van der Waals surface area (Å²) in [6, 6.07) is 9.30. The Hall–Kier alpha value is -1.86. The molecule has 156 valence electrons. The highest BCUT2D eigenvalue weighted by Gasteiger charge is 2.55. The zero-order valence-electron chi connectivity index (χ0n) is 17.4. The molecule has 4 rings (SSSR count). The highest BCUT2D eigenvalue weighted by Crippen LogP contribution is 2.54. The lowest BCUT2D eigenvalue weighted by molar-refractivity contribution is 0.0997. The molecule has 1 aliphatic heterocycles. The number of rotatable bonds is 6. The fraction of sp³-hybridized carbons (Fsp3) is 0.545. The van der Waals surface area contributed by atoms with Crippen LogP contribution in [0, 0.1) is 11.8 Å². The number of hydrogen-bond donors (Lipinski definition) is 2. The zero-order chi connectivity index (χ0) is 20.7. The summed E-state index contributed by atoms with van der Waals surface area (Å²) < 4.78 is 5.93. The Morgan fingerprint density at radius 3 is 2.66 bits per heavy atom. The van der Waals surface area contributed by atoms with Gasteiger partial charge in [-0.05, 0) is 49.3 Å². The van der Waals surface area contributed by atoms with Crippen molar-refractivity contribution in [1.82, 2.24) is 20.2 Å². The number of carbonyl (C=O) groups excluding carboxylic acids is 1. The predicted molar refractivity (Wildman–Crippen MR) is 116 cm³/mol. The minimum absolute atomic E-state index is 0.0187. The van der Waals surface area contributed by atoms with Gasteiger partial charge in [-0.1, -0.05) is 41.9 Å². The number of hydrogen-bond acceptors (Lipinski definition) is 4. The Bertz CT molecular complexity index is 866. The number of methoxy groups -OCH3 is 1. The van der Waals surface area contributed by atoms with Gasteiger partial charge in [-0.15, -0.1) is 0 Å². The Labute approximate surface area is 180 Å². The molecular weight excluding hydrogens is 432 g/mol. The molecular formula is C22H29BrN4O2. The number of piperidine rings is 1. The molecule has 1 aliphatic carbocycles. The van der Waals surface area contributed by atoms with Crippen LogP contribution in [0.5, 0.6) is 0 Å². The molecule has 3 unspecified atom stereocenters. The molecule has 6 nitrogen and oxygen atoms in total. The summed E-state index contributed by atoms with van der Waals surface area (Å²) in [6.07, 6.45) is 3.92. The molecule has 0 bridgehead atoms. The number of amides is 1. The maximum atomic E-state index is 11.9. The van der Waals surface area contributed by atoms with Gasteiger partial charge in [0.25, 0.3) is 0 Å². The molecule has 2 fully saturated rings. The lowest BCUT2D eigenvalue weighted by Gasteiger charge is -2.38. The van der Waals surface area contributed by atoms with Crippen LogP contribution in [-0.2, 0) is 4.74 Å². The number of fused-ring (bicyclic) bond motifs is 1. The van der Waals surface area contributed by atoms with Crippen molar-refractivity contribution in [2.75, 3.05) is 7.11 Å². The first-order valence-corrected chi connectivity index (χ1v) is 11.1. The Morgan fingerprint density at radius 1 is 1.28 bits per heavy atom. The normalized spacial score (nSPS) is 25.5. The molecule has 2 N–H and O–H groups in total. The summed E-state index contributed by atoms with van der Waals surface area (Å²) in [5.74, 6) is 2.05. The molecule has 29 heavy (non-hydrogen) atoms. The lowest BCUT2D eigenvalue weighted by Crippen LogP contribution is -2.53. The topological polar surface area (TPSA) is 70.2 Å². The second-order valence-electron chi connectivity index (χ2n) is 8.60. The lowest BCUT2D eigenvalue weighted by atomic mass is 9.95. The van der Waals surface area contributed by atoms with Gasteiger partial charge in [0.1, 0.15) is 5.82 Å². The molecule has 1 saturated carbocycles. The molecule has 1 aromatic carbocycles. The van der Waals surface area contributed by atoms with Crippen LogP contribution in [0.15, 0.2) is 34.9 Å². The van der Waals surface area contributed by atoms with E-state index < -0.39 is 0 Å². The number of aromatic nitrogens is 2. The van der Waals surface area contributed by atoms with E-state index in [4.69, 9.17) is 9.72 Å². The smallest absolute Gasteiger partial charge is 0.407 e. The fourth-order valence-corrected chi connectivity index (χ4v) is 5.10. The van der Waals surface area contributed by atoms with Crippen molar-refractivity contribution >= 4 is 22.0 Å². The van der Waals surface area contributed by atoms with Crippen LogP contribution in [0.25, 0.3) is 11.3 Å². The summed E-state index contributed by atoms with van der Waals surface area (Å²) in [5, 5.41) is 3.05. The van der Waals surface area contributed by atoms with Crippen molar-refractivity contribution in [3.63, 3.8) is 0 Å². The second-order valence-corrected chi connectivity index (χ2v) is 9.51. The fourth-order valence-electron chi connectivity index (χ4n) is 4.84. The number of benzene rings is 1. The Morgan fingerprint density at radius 2 is 2.00 bits per heavy atom. The molecule has 0 radical (unpaired) electrons. The number of nitrogens with zero attached hydrogens (tertiary/aromatic N) is 2. The third kappa shape index (κ3) is 4.08. The number of ether oxygens (including phenoxy) is 1. The Kier molecular flexibility index (Phi) is 5.71. The third-order valence-electron chi connectivity index (χ3n) is 6.40. The minimum atomic E-state index is -0.367. The van der Waals surface area contributed by atoms with E-state index in [1.54, 1.807) is 0 Å². The maximum absolute atomic E-state index is 11.9. The van der Waals surface area contributed by atoms with Gasteiger partial charge in [0, 0.05) is 22.6 Å². The van der Waals surface area contributed by atoms with E-state index in [9.17, 15) is 4.79 Å². The summed E-state index contributed by atoms with van der Waals surface area (Å²) in [6.45, 7) is 6.50. The van der Waals surface area contributed by atoms with E-state index in [1.165, 1.54) is 13.5 Å².